The van der Waals surface area contributed by atoms with Crippen molar-refractivity contribution in [2.24, 2.45) is 17.8 Å². The van der Waals surface area contributed by atoms with Crippen LogP contribution in [-0.2, 0) is 27.8 Å². The largest absolute Gasteiger partial charge is 0.487 e. The Morgan fingerprint density at radius 3 is 2.67 bits per heavy atom. The predicted octanol–water partition coefficient (Wildman–Crippen LogP) is 6.42. The Hall–Kier alpha value is -3.04. The maximum absolute atomic E-state index is 13.4. The second-order valence-electron chi connectivity index (χ2n) is 13.0. The van der Waals surface area contributed by atoms with Crippen molar-refractivity contribution < 1.29 is 22.7 Å². The van der Waals surface area contributed by atoms with E-state index in [0.29, 0.717) is 42.6 Å². The summed E-state index contributed by atoms with van der Waals surface area (Å²) in [6.07, 6.45) is 10.2. The van der Waals surface area contributed by atoms with Crippen LogP contribution in [0.5, 0.6) is 5.75 Å². The summed E-state index contributed by atoms with van der Waals surface area (Å²) in [5, 5.41) is 3.26. The van der Waals surface area contributed by atoms with E-state index in [-0.39, 0.29) is 29.3 Å². The molecule has 244 valence electrons. The Kier molecular flexibility index (Phi) is 10.8. The maximum atomic E-state index is 13.4. The molecule has 2 bridgehead atoms. The van der Waals surface area contributed by atoms with E-state index in [0.717, 1.165) is 56.4 Å². The second kappa shape index (κ2) is 14.6. The standard InChI is InChI=1S/C35H46ClN3O5S/c1-4-29-10-5-6-11-31(37-34(40)23(2)3)30-16-13-26(30)21-39-18-8-7-9-24-19-28(36)15-12-27(24)22-44-33-17-14-25(20-32(33)39)35(41)38-45(29,42)43/h6,11-12,14-15,17,19-20,23,26,29-31H,4-5,7-10,13,16,18,21-22H2,1-3H3,(H,37,40)(H,38,41)/b11-6+/t26-,29+,30+,31-/m0/s1. The van der Waals surface area contributed by atoms with Gasteiger partial charge in [0.05, 0.1) is 17.0 Å². The summed E-state index contributed by atoms with van der Waals surface area (Å²) in [6.45, 7) is 7.45. The van der Waals surface area contributed by atoms with E-state index >= 15 is 0 Å². The quantitative estimate of drug-likeness (QED) is 0.370. The fraction of sp³-hybridized carbons (Fsp3) is 0.543. The highest BCUT2D eigenvalue weighted by molar-refractivity contribution is 7.90. The number of nitrogens with one attached hydrogen (secondary N) is 2. The molecule has 3 aliphatic rings. The maximum Gasteiger partial charge on any atom is 0.264 e. The number of allylic oxidation sites excluding steroid dienone is 1. The molecule has 4 atom stereocenters. The first kappa shape index (κ1) is 33.3. The van der Waals surface area contributed by atoms with Crippen LogP contribution in [0, 0.1) is 17.8 Å². The van der Waals surface area contributed by atoms with E-state index in [2.05, 4.69) is 21.0 Å². The van der Waals surface area contributed by atoms with Crippen molar-refractivity contribution >= 4 is 39.1 Å². The summed E-state index contributed by atoms with van der Waals surface area (Å²) in [6, 6.07) is 11.0. The lowest BCUT2D eigenvalue weighted by Crippen LogP contribution is -2.50. The molecule has 0 saturated heterocycles. The van der Waals surface area contributed by atoms with Gasteiger partial charge in [-0.1, -0.05) is 50.6 Å². The van der Waals surface area contributed by atoms with Gasteiger partial charge in [0, 0.05) is 29.6 Å². The van der Waals surface area contributed by atoms with E-state index in [1.807, 2.05) is 45.0 Å². The van der Waals surface area contributed by atoms with Crippen LogP contribution in [0.3, 0.4) is 0 Å². The van der Waals surface area contributed by atoms with Gasteiger partial charge in [0.15, 0.2) is 0 Å². The lowest BCUT2D eigenvalue weighted by molar-refractivity contribution is -0.125. The van der Waals surface area contributed by atoms with Gasteiger partial charge in [-0.25, -0.2) is 13.1 Å². The third kappa shape index (κ3) is 8.04. The van der Waals surface area contributed by atoms with Crippen LogP contribution < -0.4 is 19.7 Å². The SMILES string of the molecule is CC[C@@H]1CC/C=C/[C@H](NC(=O)C(C)C)[C@@H]2CC[C@H]2CN2CCCCc3cc(Cl)ccc3COc3ccc(cc32)C(=O)NS1(=O)=O. The van der Waals surface area contributed by atoms with Crippen LogP contribution >= 0.6 is 11.6 Å². The highest BCUT2D eigenvalue weighted by Gasteiger charge is 2.38. The minimum atomic E-state index is -3.91. The van der Waals surface area contributed by atoms with Gasteiger partial charge in [-0.15, -0.1) is 0 Å². The zero-order valence-electron chi connectivity index (χ0n) is 26.6. The molecule has 2 aromatic rings. The number of hydrogen-bond acceptors (Lipinski definition) is 6. The van der Waals surface area contributed by atoms with Crippen LogP contribution in [0.4, 0.5) is 5.69 Å². The molecule has 8 nitrogen and oxygen atoms in total. The number of nitrogens with zero attached hydrogens (tertiary/aromatic N) is 1. The molecule has 2 aliphatic heterocycles. The Balaban J connectivity index is 1.54. The highest BCUT2D eigenvalue weighted by Crippen LogP contribution is 2.41. The molecule has 2 amide bonds. The number of amides is 2. The summed E-state index contributed by atoms with van der Waals surface area (Å²) in [5.41, 5.74) is 3.30. The summed E-state index contributed by atoms with van der Waals surface area (Å²) in [4.78, 5) is 28.6. The molecule has 0 unspecified atom stereocenters. The van der Waals surface area contributed by atoms with Gasteiger partial charge in [0.2, 0.25) is 15.9 Å². The van der Waals surface area contributed by atoms with Crippen molar-refractivity contribution in [3.05, 3.63) is 70.3 Å². The number of rotatable bonds is 3. The molecule has 2 aromatic carbocycles. The second-order valence-corrected chi connectivity index (χ2v) is 15.4. The molecule has 45 heavy (non-hydrogen) atoms. The molecule has 0 aromatic heterocycles. The number of anilines is 1. The first-order chi connectivity index (χ1) is 21.6. The topological polar surface area (TPSA) is 105 Å². The minimum absolute atomic E-state index is 0.0136. The van der Waals surface area contributed by atoms with Crippen LogP contribution in [0.15, 0.2) is 48.6 Å². The molecular weight excluding hydrogens is 610 g/mol. The van der Waals surface area contributed by atoms with Gasteiger partial charge in [-0.2, -0.15) is 0 Å². The summed E-state index contributed by atoms with van der Waals surface area (Å²) < 4.78 is 35.4. The first-order valence-electron chi connectivity index (χ1n) is 16.4. The van der Waals surface area contributed by atoms with Gasteiger partial charge in [-0.3, -0.25) is 9.59 Å². The minimum Gasteiger partial charge on any atom is -0.487 e. The summed E-state index contributed by atoms with van der Waals surface area (Å²) in [5.74, 6) is 0.470. The van der Waals surface area contributed by atoms with E-state index in [1.54, 1.807) is 18.2 Å². The smallest absolute Gasteiger partial charge is 0.264 e. The van der Waals surface area contributed by atoms with Crippen LogP contribution in [0.2, 0.25) is 5.02 Å². The zero-order chi connectivity index (χ0) is 32.1. The Labute approximate surface area is 273 Å². The molecule has 0 radical (unpaired) electrons. The van der Waals surface area contributed by atoms with Gasteiger partial charge < -0.3 is 15.0 Å². The Bertz CT molecular complexity index is 1530. The van der Waals surface area contributed by atoms with Crippen molar-refractivity contribution in [2.45, 2.75) is 90.0 Å². The molecule has 1 aliphatic carbocycles. The molecule has 2 heterocycles. The van der Waals surface area contributed by atoms with Crippen molar-refractivity contribution in [1.82, 2.24) is 10.0 Å². The lowest BCUT2D eigenvalue weighted by atomic mass is 9.69. The zero-order valence-corrected chi connectivity index (χ0v) is 28.1. The average Bonchev–Trinajstić information content (AvgIpc) is 3.01. The number of hydrogen-bond donors (Lipinski definition) is 2. The number of aryl methyl sites for hydroxylation is 1. The molecule has 1 saturated carbocycles. The third-order valence-corrected chi connectivity index (χ3v) is 11.7. The number of halogens is 1. The molecular formula is C35H46ClN3O5S. The fourth-order valence-corrected chi connectivity index (χ4v) is 8.28. The Morgan fingerprint density at radius 2 is 1.93 bits per heavy atom. The van der Waals surface area contributed by atoms with Crippen LogP contribution in [0.25, 0.3) is 0 Å². The number of ether oxygens (including phenoxy) is 1. The normalized spacial score (nSPS) is 26.2. The number of carbonyl (C=O) groups is 2. The number of sulfonamides is 1. The van der Waals surface area contributed by atoms with Crippen molar-refractivity contribution in [2.75, 3.05) is 18.0 Å². The third-order valence-electron chi connectivity index (χ3n) is 9.59. The van der Waals surface area contributed by atoms with Gasteiger partial charge in [0.25, 0.3) is 5.91 Å². The average molecular weight is 656 g/mol. The molecule has 0 spiro atoms. The first-order valence-corrected chi connectivity index (χ1v) is 18.3. The summed E-state index contributed by atoms with van der Waals surface area (Å²) >= 11 is 6.33. The van der Waals surface area contributed by atoms with Gasteiger partial charge >= 0.3 is 0 Å². The monoisotopic (exact) mass is 655 g/mol. The van der Waals surface area contributed by atoms with Crippen LogP contribution in [-0.4, -0.2) is 44.6 Å². The molecule has 1 fully saturated rings. The van der Waals surface area contributed by atoms with E-state index in [1.165, 1.54) is 5.56 Å². The van der Waals surface area contributed by atoms with Gasteiger partial charge in [-0.05, 0) is 105 Å². The molecule has 5 rings (SSSR count). The molecule has 10 heteroatoms. The van der Waals surface area contributed by atoms with Gasteiger partial charge in [0.1, 0.15) is 12.4 Å². The van der Waals surface area contributed by atoms with E-state index in [9.17, 15) is 18.0 Å². The van der Waals surface area contributed by atoms with Crippen molar-refractivity contribution in [3.8, 4) is 5.75 Å². The predicted molar refractivity (Wildman–Crippen MR) is 179 cm³/mol. The number of carbonyl (C=O) groups excluding carboxylic acids is 2. The highest BCUT2D eigenvalue weighted by atomic mass is 35.5. The fourth-order valence-electron chi connectivity index (χ4n) is 6.66. The molecule has 2 N–H and O–H groups in total. The number of benzene rings is 2. The lowest BCUT2D eigenvalue weighted by Gasteiger charge is -2.44. The summed E-state index contributed by atoms with van der Waals surface area (Å²) in [7, 11) is -3.91. The Morgan fingerprint density at radius 1 is 1.11 bits per heavy atom. The number of fused-ring (bicyclic) bond motifs is 3. The van der Waals surface area contributed by atoms with Crippen molar-refractivity contribution in [1.29, 1.82) is 0 Å². The van der Waals surface area contributed by atoms with Crippen LogP contribution in [0.1, 0.15) is 87.2 Å². The van der Waals surface area contributed by atoms with E-state index in [4.69, 9.17) is 16.3 Å². The van der Waals surface area contributed by atoms with Crippen molar-refractivity contribution in [3.63, 3.8) is 0 Å². The van der Waals surface area contributed by atoms with E-state index < -0.39 is 21.2 Å².